The third kappa shape index (κ3) is 10.7. The number of rotatable bonds is 19. The number of esters is 1. The van der Waals surface area contributed by atoms with Crippen LogP contribution in [0.25, 0.3) is 0 Å². The summed E-state index contributed by atoms with van der Waals surface area (Å²) in [6.45, 7) is 15.6. The molecule has 12 atom stereocenters. The summed E-state index contributed by atoms with van der Waals surface area (Å²) in [5.74, 6) is -1.33. The first-order valence-corrected chi connectivity index (χ1v) is 19.0. The number of aliphatic hydroxyl groups excluding tert-OH is 1. The Hall–Kier alpha value is -2.19. The number of hydrogen-bond donors (Lipinski definition) is 1. The van der Waals surface area contributed by atoms with E-state index in [0.29, 0.717) is 6.42 Å². The van der Waals surface area contributed by atoms with Gasteiger partial charge in [-0.15, -0.1) is 13.2 Å². The summed E-state index contributed by atoms with van der Waals surface area (Å²) in [6, 6.07) is 9.50. The maximum absolute atomic E-state index is 13.2. The van der Waals surface area contributed by atoms with Crippen LogP contribution in [0.3, 0.4) is 0 Å². The number of hydrogen-bond acceptors (Lipinski definition) is 11. The van der Waals surface area contributed by atoms with Crippen LogP contribution in [0.5, 0.6) is 0 Å². The van der Waals surface area contributed by atoms with Crippen LogP contribution in [-0.2, 0) is 47.4 Å². The molecule has 4 saturated heterocycles. The largest absolute Gasteiger partial charge is 0.456 e. The van der Waals surface area contributed by atoms with Crippen LogP contribution >= 0.6 is 0 Å². The van der Waals surface area contributed by atoms with Crippen molar-refractivity contribution in [2.24, 2.45) is 0 Å². The first-order chi connectivity index (χ1) is 24.6. The highest BCUT2D eigenvalue weighted by Crippen LogP contribution is 2.42. The van der Waals surface area contributed by atoms with Gasteiger partial charge in [-0.25, -0.2) is 0 Å². The molecule has 0 saturated carbocycles. The van der Waals surface area contributed by atoms with Gasteiger partial charge < -0.3 is 47.7 Å². The molecule has 4 heterocycles. The van der Waals surface area contributed by atoms with Gasteiger partial charge in [0.15, 0.2) is 30.8 Å². The van der Waals surface area contributed by atoms with Gasteiger partial charge in [0, 0.05) is 12.0 Å². The Morgan fingerprint density at radius 2 is 1.65 bits per heavy atom. The lowest BCUT2D eigenvalue weighted by Crippen LogP contribution is -2.66. The topological polar surface area (TPSA) is 120 Å². The lowest BCUT2D eigenvalue weighted by molar-refractivity contribution is -0.388. The van der Waals surface area contributed by atoms with Crippen LogP contribution in [-0.4, -0.2) is 91.0 Å². The molecule has 0 aliphatic carbocycles. The smallest absolute Gasteiger partial charge is 0.306 e. The average Bonchev–Trinajstić information content (AvgIpc) is 3.46. The lowest BCUT2D eigenvalue weighted by atomic mass is 9.96. The van der Waals surface area contributed by atoms with Crippen LogP contribution in [0, 0.1) is 0 Å². The Bertz CT molecular complexity index is 1230. The SMILES string of the molecule is C=CCCCCC(=O)O[C@@H]1[C@@H](O)[C@H](O[C@H]2[C@H](O[C@H](CCCC=C)CCCCC)O[C@H](C)[C@@H]3OC(C)(C)O[C@@H]32)O[C@@H]2COC(c3ccccc3)O[C@@H]12. The number of carbonyl (C=O) groups excluding carboxylic acids is 1. The number of unbranched alkanes of at least 4 members (excludes halogenated alkanes) is 5. The molecule has 0 aromatic heterocycles. The summed E-state index contributed by atoms with van der Waals surface area (Å²) >= 11 is 0. The van der Waals surface area contributed by atoms with Crippen LogP contribution in [0.15, 0.2) is 55.6 Å². The molecule has 0 radical (unpaired) electrons. The first-order valence-electron chi connectivity index (χ1n) is 19.0. The van der Waals surface area contributed by atoms with E-state index in [1.165, 1.54) is 0 Å². The maximum Gasteiger partial charge on any atom is 0.306 e. The summed E-state index contributed by atoms with van der Waals surface area (Å²) < 4.78 is 57.6. The number of ether oxygens (including phenoxy) is 9. The zero-order valence-corrected chi connectivity index (χ0v) is 30.9. The molecule has 4 aliphatic heterocycles. The minimum absolute atomic E-state index is 0.0851. The molecular formula is C40H60O11. The highest BCUT2D eigenvalue weighted by Gasteiger charge is 2.58. The Labute approximate surface area is 303 Å². The molecule has 51 heavy (non-hydrogen) atoms. The van der Waals surface area contributed by atoms with Crippen molar-refractivity contribution in [1.82, 2.24) is 0 Å². The van der Waals surface area contributed by atoms with Crippen molar-refractivity contribution >= 4 is 5.97 Å². The highest BCUT2D eigenvalue weighted by atomic mass is 16.8. The van der Waals surface area contributed by atoms with Gasteiger partial charge >= 0.3 is 5.97 Å². The molecular weight excluding hydrogens is 656 g/mol. The second-order valence-corrected chi connectivity index (χ2v) is 14.5. The van der Waals surface area contributed by atoms with Crippen LogP contribution in [0.2, 0.25) is 0 Å². The molecule has 286 valence electrons. The van der Waals surface area contributed by atoms with Crippen molar-refractivity contribution in [3.05, 3.63) is 61.2 Å². The molecule has 5 rings (SSSR count). The molecule has 4 fully saturated rings. The van der Waals surface area contributed by atoms with Gasteiger partial charge in [0.25, 0.3) is 0 Å². The van der Waals surface area contributed by atoms with Crippen molar-refractivity contribution in [2.75, 3.05) is 6.61 Å². The van der Waals surface area contributed by atoms with Crippen LogP contribution in [0.4, 0.5) is 0 Å². The Morgan fingerprint density at radius 3 is 2.39 bits per heavy atom. The minimum atomic E-state index is -1.40. The van der Waals surface area contributed by atoms with Crippen molar-refractivity contribution in [3.63, 3.8) is 0 Å². The fourth-order valence-electron chi connectivity index (χ4n) is 7.30. The quantitative estimate of drug-likeness (QED) is 0.0923. The molecule has 1 N–H and O–H groups in total. The van der Waals surface area contributed by atoms with Gasteiger partial charge in [-0.3, -0.25) is 4.79 Å². The Kier molecular flexibility index (Phi) is 15.1. The number of fused-ring (bicyclic) bond motifs is 2. The standard InChI is InChI=1S/C40H60O11/c1-7-10-13-19-24-30(41)47-34-31(42)38(46-29-25-43-37(48-33(29)34)27-20-17-14-18-21-27)49-36-35-32(50-40(5,6)51-35)26(4)44-39(36)45-28(22-15-11-8-2)23-16-12-9-3/h7-8,14,17-18,20-21,26,28-29,31-39,42H,1-2,9-13,15-16,19,22-25H2,3-6H3/t26-,28-,29-,31-,32+,33-,34-,35+,36-,37?,38+,39+/m1/s1. The summed E-state index contributed by atoms with van der Waals surface area (Å²) in [7, 11) is 0. The number of carbonyl (C=O) groups is 1. The van der Waals surface area contributed by atoms with E-state index in [9.17, 15) is 9.90 Å². The molecule has 0 bridgehead atoms. The molecule has 1 aromatic carbocycles. The van der Waals surface area contributed by atoms with Crippen molar-refractivity contribution < 1.29 is 52.5 Å². The fourth-order valence-corrected chi connectivity index (χ4v) is 7.30. The predicted octanol–water partition coefficient (Wildman–Crippen LogP) is 6.82. The van der Waals surface area contributed by atoms with E-state index in [1.807, 2.05) is 63.3 Å². The second kappa shape index (κ2) is 19.2. The Balaban J connectivity index is 1.38. The van der Waals surface area contributed by atoms with Crippen LogP contribution < -0.4 is 0 Å². The zero-order valence-electron chi connectivity index (χ0n) is 30.9. The van der Waals surface area contributed by atoms with Gasteiger partial charge in [-0.05, 0) is 65.7 Å². The average molecular weight is 717 g/mol. The molecule has 4 aliphatic rings. The number of allylic oxidation sites excluding steroid dienone is 2. The molecule has 11 nitrogen and oxygen atoms in total. The molecule has 0 amide bonds. The maximum atomic E-state index is 13.2. The van der Waals surface area contributed by atoms with Crippen molar-refractivity contribution in [2.45, 2.75) is 178 Å². The van der Waals surface area contributed by atoms with Gasteiger partial charge in [-0.1, -0.05) is 68.7 Å². The predicted molar refractivity (Wildman–Crippen MR) is 189 cm³/mol. The lowest BCUT2D eigenvalue weighted by Gasteiger charge is -2.49. The third-order valence-corrected chi connectivity index (χ3v) is 9.93. The van der Waals surface area contributed by atoms with Gasteiger partial charge in [0.1, 0.15) is 36.6 Å². The van der Waals surface area contributed by atoms with E-state index < -0.39 is 73.4 Å². The zero-order chi connectivity index (χ0) is 36.4. The first kappa shape index (κ1) is 40.0. The third-order valence-electron chi connectivity index (χ3n) is 9.93. The van der Waals surface area contributed by atoms with E-state index in [2.05, 4.69) is 20.1 Å². The normalized spacial score (nSPS) is 35.0. The highest BCUT2D eigenvalue weighted by molar-refractivity contribution is 5.69. The second-order valence-electron chi connectivity index (χ2n) is 14.5. The van der Waals surface area contributed by atoms with E-state index in [0.717, 1.165) is 63.4 Å². The van der Waals surface area contributed by atoms with E-state index in [1.54, 1.807) is 0 Å². The molecule has 11 heteroatoms. The van der Waals surface area contributed by atoms with Gasteiger partial charge in [0.05, 0.1) is 18.8 Å². The number of benzene rings is 1. The minimum Gasteiger partial charge on any atom is -0.456 e. The summed E-state index contributed by atoms with van der Waals surface area (Å²) in [5, 5.41) is 11.9. The summed E-state index contributed by atoms with van der Waals surface area (Å²) in [6.07, 6.45) is 3.83. The van der Waals surface area contributed by atoms with Gasteiger partial charge in [0.2, 0.25) is 0 Å². The van der Waals surface area contributed by atoms with Crippen molar-refractivity contribution in [3.8, 4) is 0 Å². The monoisotopic (exact) mass is 716 g/mol. The van der Waals surface area contributed by atoms with Gasteiger partial charge in [-0.2, -0.15) is 0 Å². The van der Waals surface area contributed by atoms with E-state index in [4.69, 9.17) is 42.6 Å². The fraction of sp³-hybridized carbons (Fsp3) is 0.725. The molecule has 1 unspecified atom stereocenters. The summed E-state index contributed by atoms with van der Waals surface area (Å²) in [5.41, 5.74) is 0.806. The number of aliphatic hydroxyl groups is 1. The Morgan fingerprint density at radius 1 is 0.922 bits per heavy atom. The van der Waals surface area contributed by atoms with E-state index >= 15 is 0 Å². The van der Waals surface area contributed by atoms with Crippen LogP contribution in [0.1, 0.15) is 110 Å². The molecule has 0 spiro atoms. The van der Waals surface area contributed by atoms with Crippen molar-refractivity contribution in [1.29, 1.82) is 0 Å². The molecule has 1 aromatic rings. The van der Waals surface area contributed by atoms with E-state index in [-0.39, 0.29) is 25.2 Å². The summed E-state index contributed by atoms with van der Waals surface area (Å²) in [4.78, 5) is 13.2.